The molecule has 3 aromatic carbocycles. The minimum Gasteiger partial charge on any atom is -0.507 e. The van der Waals surface area contributed by atoms with Gasteiger partial charge in [0, 0.05) is 34.5 Å². The van der Waals surface area contributed by atoms with E-state index in [1.165, 1.54) is 18.2 Å². The molecule has 4 aromatic rings. The van der Waals surface area contributed by atoms with Crippen LogP contribution in [-0.4, -0.2) is 17.6 Å². The normalized spacial score (nSPS) is 10.7. The molecule has 0 aliphatic rings. The standard InChI is InChI=1S/C23H16ClNO5/c24-15-7-4-8-16(9-15)25-22(28)13-29-17-10-18(26)23-19(27)12-20(30-21(23)11-17)14-5-2-1-3-6-14/h1-12,26H,13H2,(H,25,28). The van der Waals surface area contributed by atoms with Crippen molar-refractivity contribution in [2.24, 2.45) is 0 Å². The minimum atomic E-state index is -0.406. The molecule has 0 aliphatic carbocycles. The van der Waals surface area contributed by atoms with Crippen molar-refractivity contribution in [1.29, 1.82) is 0 Å². The van der Waals surface area contributed by atoms with Gasteiger partial charge in [0.1, 0.15) is 28.2 Å². The summed E-state index contributed by atoms with van der Waals surface area (Å²) in [5.41, 5.74) is 1.05. The van der Waals surface area contributed by atoms with Gasteiger partial charge in [-0.25, -0.2) is 0 Å². The summed E-state index contributed by atoms with van der Waals surface area (Å²) in [6.07, 6.45) is 0. The molecule has 1 aromatic heterocycles. The van der Waals surface area contributed by atoms with E-state index in [-0.39, 0.29) is 34.5 Å². The average molecular weight is 422 g/mol. The largest absolute Gasteiger partial charge is 0.507 e. The van der Waals surface area contributed by atoms with E-state index in [0.717, 1.165) is 5.56 Å². The van der Waals surface area contributed by atoms with E-state index in [1.54, 1.807) is 24.3 Å². The van der Waals surface area contributed by atoms with Crippen LogP contribution in [0.25, 0.3) is 22.3 Å². The number of rotatable bonds is 5. The lowest BCUT2D eigenvalue weighted by Gasteiger charge is -2.10. The topological polar surface area (TPSA) is 88.8 Å². The first kappa shape index (κ1) is 19.5. The second-order valence-corrected chi connectivity index (χ2v) is 6.94. The maximum atomic E-state index is 12.5. The van der Waals surface area contributed by atoms with Crippen molar-refractivity contribution in [1.82, 2.24) is 0 Å². The van der Waals surface area contributed by atoms with Crippen LogP contribution < -0.4 is 15.5 Å². The van der Waals surface area contributed by atoms with Crippen molar-refractivity contribution in [3.63, 3.8) is 0 Å². The fourth-order valence-electron chi connectivity index (χ4n) is 2.98. The van der Waals surface area contributed by atoms with Crippen molar-refractivity contribution in [3.05, 3.63) is 88.0 Å². The number of aromatic hydroxyl groups is 1. The quantitative estimate of drug-likeness (QED) is 0.481. The molecule has 6 nitrogen and oxygen atoms in total. The zero-order chi connectivity index (χ0) is 21.1. The Labute approximate surface area is 176 Å². The monoisotopic (exact) mass is 421 g/mol. The van der Waals surface area contributed by atoms with Crippen LogP contribution in [0.5, 0.6) is 11.5 Å². The van der Waals surface area contributed by atoms with Gasteiger partial charge in [0.15, 0.2) is 12.0 Å². The molecular formula is C23H16ClNO5. The Morgan fingerprint density at radius 3 is 2.60 bits per heavy atom. The number of fused-ring (bicyclic) bond motifs is 1. The lowest BCUT2D eigenvalue weighted by Crippen LogP contribution is -2.20. The van der Waals surface area contributed by atoms with Gasteiger partial charge in [-0.2, -0.15) is 0 Å². The van der Waals surface area contributed by atoms with Crippen LogP contribution >= 0.6 is 11.6 Å². The van der Waals surface area contributed by atoms with E-state index >= 15 is 0 Å². The molecule has 0 spiro atoms. The smallest absolute Gasteiger partial charge is 0.262 e. The van der Waals surface area contributed by atoms with E-state index in [9.17, 15) is 14.7 Å². The number of anilines is 1. The van der Waals surface area contributed by atoms with Crippen molar-refractivity contribution in [3.8, 4) is 22.8 Å². The van der Waals surface area contributed by atoms with Crippen molar-refractivity contribution in [2.75, 3.05) is 11.9 Å². The summed E-state index contributed by atoms with van der Waals surface area (Å²) < 4.78 is 11.3. The number of hydrogen-bond donors (Lipinski definition) is 2. The summed E-state index contributed by atoms with van der Waals surface area (Å²) in [5, 5.41) is 13.5. The summed E-state index contributed by atoms with van der Waals surface area (Å²) in [6.45, 7) is -0.305. The summed E-state index contributed by atoms with van der Waals surface area (Å²) in [7, 11) is 0. The van der Waals surface area contributed by atoms with Crippen LogP contribution in [0.2, 0.25) is 5.02 Å². The molecule has 150 valence electrons. The number of phenols is 1. The predicted molar refractivity (Wildman–Crippen MR) is 115 cm³/mol. The van der Waals surface area contributed by atoms with Gasteiger partial charge in [0.05, 0.1) is 0 Å². The van der Waals surface area contributed by atoms with Gasteiger partial charge in [-0.1, -0.05) is 48.0 Å². The number of hydrogen-bond acceptors (Lipinski definition) is 5. The minimum absolute atomic E-state index is 0.0467. The summed E-state index contributed by atoms with van der Waals surface area (Å²) in [5.74, 6) is -0.139. The average Bonchev–Trinajstić information content (AvgIpc) is 2.72. The van der Waals surface area contributed by atoms with Gasteiger partial charge in [0.25, 0.3) is 5.91 Å². The van der Waals surface area contributed by atoms with Crippen molar-refractivity contribution in [2.45, 2.75) is 0 Å². The van der Waals surface area contributed by atoms with Gasteiger partial charge in [-0.05, 0) is 18.2 Å². The van der Waals surface area contributed by atoms with Crippen LogP contribution in [0.3, 0.4) is 0 Å². The van der Waals surface area contributed by atoms with E-state index < -0.39 is 5.91 Å². The molecule has 1 amide bonds. The zero-order valence-corrected chi connectivity index (χ0v) is 16.3. The Kier molecular flexibility index (Phi) is 5.41. The van der Waals surface area contributed by atoms with Gasteiger partial charge in [0.2, 0.25) is 0 Å². The molecule has 0 radical (unpaired) electrons. The third-order valence-electron chi connectivity index (χ3n) is 4.32. The number of carbonyl (C=O) groups is 1. The highest BCUT2D eigenvalue weighted by atomic mass is 35.5. The number of carbonyl (C=O) groups excluding carboxylic acids is 1. The number of halogens is 1. The van der Waals surface area contributed by atoms with E-state index in [1.807, 2.05) is 30.3 Å². The van der Waals surface area contributed by atoms with Crippen molar-refractivity contribution >= 4 is 34.2 Å². The van der Waals surface area contributed by atoms with Gasteiger partial charge < -0.3 is 19.6 Å². The van der Waals surface area contributed by atoms with Gasteiger partial charge >= 0.3 is 0 Å². The highest BCUT2D eigenvalue weighted by Crippen LogP contribution is 2.31. The number of nitrogens with one attached hydrogen (secondary N) is 1. The SMILES string of the molecule is O=C(COc1cc(O)c2c(=O)cc(-c3ccccc3)oc2c1)Nc1cccc(Cl)c1. The summed E-state index contributed by atoms with van der Waals surface area (Å²) >= 11 is 5.90. The highest BCUT2D eigenvalue weighted by molar-refractivity contribution is 6.30. The van der Waals surface area contributed by atoms with Gasteiger partial charge in [-0.3, -0.25) is 9.59 Å². The van der Waals surface area contributed by atoms with Crippen LogP contribution in [0.15, 0.2) is 82.0 Å². The first-order valence-corrected chi connectivity index (χ1v) is 9.42. The molecule has 0 saturated carbocycles. The highest BCUT2D eigenvalue weighted by Gasteiger charge is 2.14. The molecule has 2 N–H and O–H groups in total. The van der Waals surface area contributed by atoms with E-state index in [0.29, 0.717) is 16.5 Å². The van der Waals surface area contributed by atoms with Gasteiger partial charge in [-0.15, -0.1) is 0 Å². The van der Waals surface area contributed by atoms with Crippen molar-refractivity contribution < 1.29 is 19.1 Å². The molecule has 0 aliphatic heterocycles. The number of benzene rings is 3. The number of amides is 1. The van der Waals surface area contributed by atoms with Crippen LogP contribution in [-0.2, 0) is 4.79 Å². The predicted octanol–water partition coefficient (Wildman–Crippen LogP) is 4.84. The molecular weight excluding hydrogens is 406 g/mol. The maximum Gasteiger partial charge on any atom is 0.262 e. The van der Waals surface area contributed by atoms with E-state index in [4.69, 9.17) is 20.8 Å². The molecule has 0 bridgehead atoms. The van der Waals surface area contributed by atoms with E-state index in [2.05, 4.69) is 5.32 Å². The molecule has 1 heterocycles. The second-order valence-electron chi connectivity index (χ2n) is 6.50. The Hall–Kier alpha value is -3.77. The Morgan fingerprint density at radius 2 is 1.83 bits per heavy atom. The van der Waals surface area contributed by atoms with Crippen LogP contribution in [0, 0.1) is 0 Å². The first-order chi connectivity index (χ1) is 14.5. The maximum absolute atomic E-state index is 12.5. The fourth-order valence-corrected chi connectivity index (χ4v) is 3.17. The summed E-state index contributed by atoms with van der Waals surface area (Å²) in [6, 6.07) is 19.9. The first-order valence-electron chi connectivity index (χ1n) is 9.04. The Morgan fingerprint density at radius 1 is 1.03 bits per heavy atom. The lowest BCUT2D eigenvalue weighted by molar-refractivity contribution is -0.118. The molecule has 0 unspecified atom stereocenters. The number of phenolic OH excluding ortho intramolecular Hbond substituents is 1. The molecule has 7 heteroatoms. The molecule has 0 atom stereocenters. The third-order valence-corrected chi connectivity index (χ3v) is 4.56. The fraction of sp³-hybridized carbons (Fsp3) is 0.0435. The molecule has 0 fully saturated rings. The Bertz CT molecular complexity index is 1280. The number of ether oxygens (including phenoxy) is 1. The van der Waals surface area contributed by atoms with Crippen LogP contribution in [0.1, 0.15) is 0 Å². The third kappa shape index (κ3) is 4.29. The summed E-state index contributed by atoms with van der Waals surface area (Å²) in [4.78, 5) is 24.6. The van der Waals surface area contributed by atoms with Crippen LogP contribution in [0.4, 0.5) is 5.69 Å². The lowest BCUT2D eigenvalue weighted by atomic mass is 10.1. The zero-order valence-electron chi connectivity index (χ0n) is 15.6. The molecule has 4 rings (SSSR count). The molecule has 30 heavy (non-hydrogen) atoms. The Balaban J connectivity index is 1.57. The molecule has 0 saturated heterocycles. The second kappa shape index (κ2) is 8.31.